The summed E-state index contributed by atoms with van der Waals surface area (Å²) in [5.74, 6) is -0.358. The van der Waals surface area contributed by atoms with Crippen LogP contribution in [0.4, 0.5) is 4.39 Å². The topological polar surface area (TPSA) is 84.7 Å². The molecule has 1 aromatic carbocycles. The van der Waals surface area contributed by atoms with Crippen LogP contribution in [0.5, 0.6) is 5.75 Å². The Balaban J connectivity index is 0.00000288. The van der Waals surface area contributed by atoms with Gasteiger partial charge in [-0.3, -0.25) is 9.59 Å². The fourth-order valence-electron chi connectivity index (χ4n) is 2.52. The number of amides is 2. The molecule has 0 radical (unpaired) electrons. The molecule has 2 rings (SSSR count). The third-order valence-corrected chi connectivity index (χ3v) is 3.76. The van der Waals surface area contributed by atoms with Crippen molar-refractivity contribution in [2.45, 2.75) is 12.8 Å². The third-order valence-electron chi connectivity index (χ3n) is 3.76. The fourth-order valence-corrected chi connectivity index (χ4v) is 2.52. The minimum absolute atomic E-state index is 0. The molecule has 1 saturated heterocycles. The molecule has 0 aromatic heterocycles. The molecule has 2 amide bonds. The molecule has 24 heavy (non-hydrogen) atoms. The quantitative estimate of drug-likeness (QED) is 0.791. The molecular weight excluding hydrogens is 337 g/mol. The Hall–Kier alpha value is -1.86. The zero-order valence-electron chi connectivity index (χ0n) is 13.4. The lowest BCUT2D eigenvalue weighted by atomic mass is 9.97. The Morgan fingerprint density at radius 2 is 2.04 bits per heavy atom. The van der Waals surface area contributed by atoms with Crippen molar-refractivity contribution in [1.29, 1.82) is 0 Å². The molecule has 0 saturated carbocycles. The highest BCUT2D eigenvalue weighted by Gasteiger charge is 2.28. The number of halogens is 2. The summed E-state index contributed by atoms with van der Waals surface area (Å²) in [6, 6.07) is 5.50. The highest BCUT2D eigenvalue weighted by atomic mass is 35.5. The van der Waals surface area contributed by atoms with E-state index < -0.39 is 0 Å². The van der Waals surface area contributed by atoms with Gasteiger partial charge in [-0.2, -0.15) is 0 Å². The van der Waals surface area contributed by atoms with E-state index in [1.807, 2.05) is 0 Å². The number of rotatable bonds is 6. The maximum atomic E-state index is 12.8. The van der Waals surface area contributed by atoms with Crippen molar-refractivity contribution in [3.8, 4) is 5.75 Å². The van der Waals surface area contributed by atoms with Gasteiger partial charge in [0, 0.05) is 26.2 Å². The molecule has 134 valence electrons. The molecule has 8 heteroatoms. The Labute approximate surface area is 146 Å². The van der Waals surface area contributed by atoms with Gasteiger partial charge >= 0.3 is 0 Å². The molecule has 1 heterocycles. The monoisotopic (exact) mass is 359 g/mol. The molecule has 0 spiro atoms. The highest BCUT2D eigenvalue weighted by molar-refractivity contribution is 5.85. The van der Waals surface area contributed by atoms with E-state index in [0.717, 1.165) is 12.8 Å². The predicted octanol–water partition coefficient (Wildman–Crippen LogP) is 0.940. The Morgan fingerprint density at radius 3 is 2.71 bits per heavy atom. The molecule has 0 bridgehead atoms. The van der Waals surface area contributed by atoms with Gasteiger partial charge in [-0.05, 0) is 37.1 Å². The van der Waals surface area contributed by atoms with E-state index >= 15 is 0 Å². The molecule has 1 fully saturated rings. The number of piperidine rings is 1. The number of benzene rings is 1. The molecule has 3 N–H and O–H groups in total. The van der Waals surface area contributed by atoms with E-state index in [0.29, 0.717) is 31.9 Å². The van der Waals surface area contributed by atoms with Crippen LogP contribution in [0.25, 0.3) is 0 Å². The second-order valence-electron chi connectivity index (χ2n) is 5.50. The number of nitrogens with one attached hydrogen (secondary N) is 1. The first-order valence-electron chi connectivity index (χ1n) is 7.74. The lowest BCUT2D eigenvalue weighted by Gasteiger charge is -2.32. The summed E-state index contributed by atoms with van der Waals surface area (Å²) in [5, 5.41) is 2.76. The lowest BCUT2D eigenvalue weighted by molar-refractivity contribution is -0.137. The normalized spacial score (nSPS) is 16.9. The van der Waals surface area contributed by atoms with E-state index in [4.69, 9.17) is 10.5 Å². The highest BCUT2D eigenvalue weighted by Crippen LogP contribution is 2.17. The van der Waals surface area contributed by atoms with Crippen molar-refractivity contribution in [2.24, 2.45) is 11.7 Å². The van der Waals surface area contributed by atoms with Gasteiger partial charge in [0.25, 0.3) is 5.91 Å². The Morgan fingerprint density at radius 1 is 1.33 bits per heavy atom. The van der Waals surface area contributed by atoms with Gasteiger partial charge in [0.05, 0.1) is 5.92 Å². The van der Waals surface area contributed by atoms with Crippen molar-refractivity contribution in [3.05, 3.63) is 30.1 Å². The van der Waals surface area contributed by atoms with E-state index in [1.165, 1.54) is 24.3 Å². The van der Waals surface area contributed by atoms with Gasteiger partial charge in [-0.25, -0.2) is 4.39 Å². The number of hydrogen-bond acceptors (Lipinski definition) is 4. The average Bonchev–Trinajstić information content (AvgIpc) is 2.59. The summed E-state index contributed by atoms with van der Waals surface area (Å²) in [7, 11) is 0. The average molecular weight is 360 g/mol. The molecular formula is C16H23ClFN3O3. The first-order valence-corrected chi connectivity index (χ1v) is 7.74. The van der Waals surface area contributed by atoms with Crippen molar-refractivity contribution in [3.63, 3.8) is 0 Å². The van der Waals surface area contributed by atoms with Crippen LogP contribution in [-0.2, 0) is 9.59 Å². The van der Waals surface area contributed by atoms with Crippen LogP contribution in [0, 0.1) is 11.7 Å². The minimum atomic E-state index is -0.356. The van der Waals surface area contributed by atoms with Gasteiger partial charge < -0.3 is 20.7 Å². The van der Waals surface area contributed by atoms with Crippen LogP contribution in [0.2, 0.25) is 0 Å². The van der Waals surface area contributed by atoms with Crippen molar-refractivity contribution in [1.82, 2.24) is 10.2 Å². The van der Waals surface area contributed by atoms with E-state index in [-0.39, 0.29) is 42.6 Å². The van der Waals surface area contributed by atoms with Crippen LogP contribution >= 0.6 is 12.4 Å². The molecule has 1 atom stereocenters. The Kier molecular flexibility index (Phi) is 8.49. The Bertz CT molecular complexity index is 542. The first kappa shape index (κ1) is 20.2. The predicted molar refractivity (Wildman–Crippen MR) is 90.5 cm³/mol. The minimum Gasteiger partial charge on any atom is -0.484 e. The summed E-state index contributed by atoms with van der Waals surface area (Å²) in [6.07, 6.45) is 1.54. The number of nitrogens with zero attached hydrogens (tertiary/aromatic N) is 1. The van der Waals surface area contributed by atoms with E-state index in [9.17, 15) is 14.0 Å². The van der Waals surface area contributed by atoms with Gasteiger partial charge in [0.2, 0.25) is 5.91 Å². The summed E-state index contributed by atoms with van der Waals surface area (Å²) in [5.41, 5.74) is 5.37. The van der Waals surface area contributed by atoms with Gasteiger partial charge in [-0.1, -0.05) is 0 Å². The van der Waals surface area contributed by atoms with Crippen LogP contribution in [0.15, 0.2) is 24.3 Å². The molecule has 1 unspecified atom stereocenters. The second-order valence-corrected chi connectivity index (χ2v) is 5.50. The zero-order valence-corrected chi connectivity index (χ0v) is 14.2. The lowest BCUT2D eigenvalue weighted by Crippen LogP contribution is -2.47. The molecule has 1 aliphatic rings. The van der Waals surface area contributed by atoms with Gasteiger partial charge in [0.1, 0.15) is 11.6 Å². The zero-order chi connectivity index (χ0) is 16.7. The number of nitrogens with two attached hydrogens (primary N) is 1. The summed E-state index contributed by atoms with van der Waals surface area (Å²) in [4.78, 5) is 25.8. The van der Waals surface area contributed by atoms with Crippen molar-refractivity contribution < 1.29 is 18.7 Å². The summed E-state index contributed by atoms with van der Waals surface area (Å²) < 4.78 is 18.2. The third kappa shape index (κ3) is 5.98. The van der Waals surface area contributed by atoms with Crippen LogP contribution in [-0.4, -0.2) is 49.5 Å². The van der Waals surface area contributed by atoms with E-state index in [1.54, 1.807) is 4.90 Å². The molecule has 6 nitrogen and oxygen atoms in total. The van der Waals surface area contributed by atoms with Crippen LogP contribution in [0.1, 0.15) is 12.8 Å². The fraction of sp³-hybridized carbons (Fsp3) is 0.500. The summed E-state index contributed by atoms with van der Waals surface area (Å²) >= 11 is 0. The van der Waals surface area contributed by atoms with Crippen LogP contribution in [0.3, 0.4) is 0 Å². The van der Waals surface area contributed by atoms with Gasteiger partial charge in [-0.15, -0.1) is 12.4 Å². The summed E-state index contributed by atoms with van der Waals surface area (Å²) in [6.45, 7) is 1.72. The van der Waals surface area contributed by atoms with Crippen molar-refractivity contribution in [2.75, 3.05) is 32.8 Å². The molecule has 1 aliphatic heterocycles. The first-order chi connectivity index (χ1) is 11.1. The van der Waals surface area contributed by atoms with Crippen molar-refractivity contribution >= 4 is 24.2 Å². The number of hydrogen-bond donors (Lipinski definition) is 2. The van der Waals surface area contributed by atoms with Gasteiger partial charge in [0.15, 0.2) is 6.61 Å². The molecule has 1 aromatic rings. The standard InChI is InChI=1S/C16H22FN3O3.ClH/c17-13-3-5-14(6-4-13)23-11-15(21)20-9-1-2-12(10-20)16(22)19-8-7-18;/h3-6,12H,1-2,7-11,18H2,(H,19,22);1H. The largest absolute Gasteiger partial charge is 0.484 e. The number of likely N-dealkylation sites (tertiary alicyclic amines) is 1. The molecule has 0 aliphatic carbocycles. The van der Waals surface area contributed by atoms with E-state index in [2.05, 4.69) is 5.32 Å². The second kappa shape index (κ2) is 10.1. The number of ether oxygens (including phenoxy) is 1. The SMILES string of the molecule is Cl.NCCNC(=O)C1CCCN(C(=O)COc2ccc(F)cc2)C1. The number of carbonyl (C=O) groups excluding carboxylic acids is 2. The maximum Gasteiger partial charge on any atom is 0.260 e. The number of carbonyl (C=O) groups is 2. The smallest absolute Gasteiger partial charge is 0.260 e. The van der Waals surface area contributed by atoms with Crippen LogP contribution < -0.4 is 15.8 Å². The maximum absolute atomic E-state index is 12.8.